The summed E-state index contributed by atoms with van der Waals surface area (Å²) in [6.45, 7) is 4.94. The van der Waals surface area contributed by atoms with E-state index in [1.807, 2.05) is 13.8 Å². The van der Waals surface area contributed by atoms with Crippen LogP contribution >= 0.6 is 0 Å². The molecule has 2 unspecified atom stereocenters. The van der Waals surface area contributed by atoms with Gasteiger partial charge in [-0.25, -0.2) is 0 Å². The maximum Gasteiger partial charge on any atom is 0.401 e. The summed E-state index contributed by atoms with van der Waals surface area (Å²) in [4.78, 5) is 1.35. The summed E-state index contributed by atoms with van der Waals surface area (Å²) in [7, 11) is 0. The zero-order valence-corrected chi connectivity index (χ0v) is 10.7. The predicted octanol–water partition coefficient (Wildman–Crippen LogP) is 2.81. The number of rotatable bonds is 3. The van der Waals surface area contributed by atoms with Crippen LogP contribution in [0.15, 0.2) is 0 Å². The van der Waals surface area contributed by atoms with E-state index >= 15 is 0 Å². The predicted molar refractivity (Wildman–Crippen MR) is 60.7 cm³/mol. The van der Waals surface area contributed by atoms with Crippen LogP contribution in [0.1, 0.15) is 40.0 Å². The molecule has 2 atom stereocenters. The average Bonchev–Trinajstić information content (AvgIpc) is 2.17. The van der Waals surface area contributed by atoms with Crippen molar-refractivity contribution in [2.75, 3.05) is 13.1 Å². The quantitative estimate of drug-likeness (QED) is 0.836. The van der Waals surface area contributed by atoms with Crippen molar-refractivity contribution in [1.82, 2.24) is 4.90 Å². The molecule has 1 rings (SSSR count). The first-order valence-electron chi connectivity index (χ1n) is 6.16. The molecule has 1 aliphatic rings. The summed E-state index contributed by atoms with van der Waals surface area (Å²) in [5, 5.41) is 10.2. The van der Waals surface area contributed by atoms with Crippen molar-refractivity contribution in [2.45, 2.75) is 58.4 Å². The summed E-state index contributed by atoms with van der Waals surface area (Å²) < 4.78 is 37.3. The molecule has 0 aliphatic heterocycles. The topological polar surface area (TPSA) is 23.5 Å². The van der Waals surface area contributed by atoms with Gasteiger partial charge < -0.3 is 5.11 Å². The number of alkyl halides is 3. The van der Waals surface area contributed by atoms with Crippen molar-refractivity contribution in [3.8, 4) is 0 Å². The Morgan fingerprint density at radius 2 is 1.94 bits per heavy atom. The van der Waals surface area contributed by atoms with E-state index in [0.717, 1.165) is 12.8 Å². The van der Waals surface area contributed by atoms with Gasteiger partial charge >= 0.3 is 6.18 Å². The molecule has 1 N–H and O–H groups in total. The van der Waals surface area contributed by atoms with E-state index in [9.17, 15) is 18.3 Å². The second kappa shape index (κ2) is 5.14. The van der Waals surface area contributed by atoms with Crippen molar-refractivity contribution in [3.63, 3.8) is 0 Å². The van der Waals surface area contributed by atoms with E-state index in [1.54, 1.807) is 6.92 Å². The third-order valence-corrected chi connectivity index (χ3v) is 3.74. The van der Waals surface area contributed by atoms with Gasteiger partial charge in [0.1, 0.15) is 0 Å². The van der Waals surface area contributed by atoms with Gasteiger partial charge in [0.15, 0.2) is 0 Å². The molecule has 5 heteroatoms. The SMILES string of the molecule is CCN(CC(F)(F)F)C1CCCC(C)(C)C1O. The van der Waals surface area contributed by atoms with Gasteiger partial charge in [-0.05, 0) is 24.8 Å². The number of nitrogens with zero attached hydrogens (tertiary/aromatic N) is 1. The van der Waals surface area contributed by atoms with E-state index in [2.05, 4.69) is 0 Å². The Kier molecular flexibility index (Phi) is 4.47. The molecule has 0 bridgehead atoms. The highest BCUT2D eigenvalue weighted by atomic mass is 19.4. The van der Waals surface area contributed by atoms with E-state index in [4.69, 9.17) is 0 Å². The highest BCUT2D eigenvalue weighted by Gasteiger charge is 2.42. The monoisotopic (exact) mass is 253 g/mol. The molecular formula is C12H22F3NO. The van der Waals surface area contributed by atoms with Gasteiger partial charge in [-0.3, -0.25) is 4.90 Å². The number of hydrogen-bond acceptors (Lipinski definition) is 2. The molecule has 2 nitrogen and oxygen atoms in total. The first-order valence-corrected chi connectivity index (χ1v) is 6.16. The number of likely N-dealkylation sites (N-methyl/N-ethyl adjacent to an activating group) is 1. The third-order valence-electron chi connectivity index (χ3n) is 3.74. The van der Waals surface area contributed by atoms with Crippen molar-refractivity contribution >= 4 is 0 Å². The molecule has 0 aromatic rings. The minimum Gasteiger partial charge on any atom is -0.391 e. The molecular weight excluding hydrogens is 231 g/mol. The zero-order valence-electron chi connectivity index (χ0n) is 10.7. The van der Waals surface area contributed by atoms with Crippen LogP contribution in [0, 0.1) is 5.41 Å². The maximum atomic E-state index is 12.4. The molecule has 0 saturated heterocycles. The first kappa shape index (κ1) is 14.8. The normalized spacial score (nSPS) is 29.6. The molecule has 1 saturated carbocycles. The van der Waals surface area contributed by atoms with Crippen LogP contribution in [0.5, 0.6) is 0 Å². The molecule has 102 valence electrons. The highest BCUT2D eigenvalue weighted by molar-refractivity contribution is 4.93. The van der Waals surface area contributed by atoms with Crippen molar-refractivity contribution in [2.24, 2.45) is 5.41 Å². The summed E-state index contributed by atoms with van der Waals surface area (Å²) in [5.41, 5.74) is -0.290. The van der Waals surface area contributed by atoms with Crippen LogP contribution in [0.3, 0.4) is 0 Å². The van der Waals surface area contributed by atoms with Gasteiger partial charge in [0, 0.05) is 6.04 Å². The van der Waals surface area contributed by atoms with Crippen molar-refractivity contribution in [3.05, 3.63) is 0 Å². The third kappa shape index (κ3) is 3.85. The Hall–Kier alpha value is -0.290. The molecule has 1 fully saturated rings. The smallest absolute Gasteiger partial charge is 0.391 e. The Balaban J connectivity index is 2.74. The zero-order chi connectivity index (χ0) is 13.3. The molecule has 1 aliphatic carbocycles. The second-order valence-electron chi connectivity index (χ2n) is 5.57. The van der Waals surface area contributed by atoms with Crippen LogP contribution in [-0.4, -0.2) is 41.4 Å². The fourth-order valence-corrected chi connectivity index (χ4v) is 2.67. The fourth-order valence-electron chi connectivity index (χ4n) is 2.67. The summed E-state index contributed by atoms with van der Waals surface area (Å²) >= 11 is 0. The first-order chi connectivity index (χ1) is 7.67. The lowest BCUT2D eigenvalue weighted by Crippen LogP contribution is -2.54. The Morgan fingerprint density at radius 1 is 1.35 bits per heavy atom. The lowest BCUT2D eigenvalue weighted by atomic mass is 9.72. The van der Waals surface area contributed by atoms with Gasteiger partial charge in [-0.1, -0.05) is 27.2 Å². The average molecular weight is 253 g/mol. The van der Waals surface area contributed by atoms with E-state index < -0.39 is 18.8 Å². The van der Waals surface area contributed by atoms with E-state index in [0.29, 0.717) is 13.0 Å². The Bertz CT molecular complexity index is 253. The van der Waals surface area contributed by atoms with Gasteiger partial charge in [0.2, 0.25) is 0 Å². The van der Waals surface area contributed by atoms with E-state index in [1.165, 1.54) is 4.90 Å². The van der Waals surface area contributed by atoms with Crippen LogP contribution in [-0.2, 0) is 0 Å². The Morgan fingerprint density at radius 3 is 2.41 bits per heavy atom. The van der Waals surface area contributed by atoms with Gasteiger partial charge in [0.05, 0.1) is 12.6 Å². The minimum atomic E-state index is -4.20. The Labute approximate surface area is 101 Å². The van der Waals surface area contributed by atoms with Gasteiger partial charge in [-0.15, -0.1) is 0 Å². The lowest BCUT2D eigenvalue weighted by Gasteiger charge is -2.45. The van der Waals surface area contributed by atoms with Crippen LogP contribution in [0.2, 0.25) is 0 Å². The molecule has 0 aromatic carbocycles. The molecule has 0 aromatic heterocycles. The summed E-state index contributed by atoms with van der Waals surface area (Å²) in [6, 6.07) is -0.370. The van der Waals surface area contributed by atoms with Gasteiger partial charge in [0.25, 0.3) is 0 Å². The number of aliphatic hydroxyl groups is 1. The van der Waals surface area contributed by atoms with Crippen molar-refractivity contribution < 1.29 is 18.3 Å². The van der Waals surface area contributed by atoms with E-state index in [-0.39, 0.29) is 11.5 Å². The van der Waals surface area contributed by atoms with Crippen LogP contribution < -0.4 is 0 Å². The minimum absolute atomic E-state index is 0.290. The standard InChI is InChI=1S/C12H22F3NO/c1-4-16(8-12(13,14)15)9-6-5-7-11(2,3)10(9)17/h9-10,17H,4-8H2,1-3H3. The summed E-state index contributed by atoms with van der Waals surface area (Å²) in [5.74, 6) is 0. The molecule has 0 amide bonds. The molecule has 0 heterocycles. The maximum absolute atomic E-state index is 12.4. The number of hydrogen-bond donors (Lipinski definition) is 1. The molecule has 0 radical (unpaired) electrons. The molecule has 0 spiro atoms. The number of halogens is 3. The van der Waals surface area contributed by atoms with Gasteiger partial charge in [-0.2, -0.15) is 13.2 Å². The molecule has 17 heavy (non-hydrogen) atoms. The van der Waals surface area contributed by atoms with Crippen molar-refractivity contribution in [1.29, 1.82) is 0 Å². The fraction of sp³-hybridized carbons (Fsp3) is 1.00. The van der Waals surface area contributed by atoms with Crippen LogP contribution in [0.25, 0.3) is 0 Å². The highest BCUT2D eigenvalue weighted by Crippen LogP contribution is 2.38. The summed E-state index contributed by atoms with van der Waals surface area (Å²) in [6.07, 6.45) is -2.48. The largest absolute Gasteiger partial charge is 0.401 e. The lowest BCUT2D eigenvalue weighted by molar-refractivity contribution is -0.163. The second-order valence-corrected chi connectivity index (χ2v) is 5.57. The number of aliphatic hydroxyl groups excluding tert-OH is 1. The van der Waals surface area contributed by atoms with Crippen LogP contribution in [0.4, 0.5) is 13.2 Å².